The molecule has 2 N–H and O–H groups in total. The van der Waals surface area contributed by atoms with E-state index in [4.69, 9.17) is 0 Å². The number of nitrogens with one attached hydrogen (secondary N) is 2. The van der Waals surface area contributed by atoms with Crippen LogP contribution in [0.5, 0.6) is 0 Å². The Hall–Kier alpha value is -0.800. The maximum atomic E-state index is 12.2. The average molecular weight is 331 g/mol. The zero-order valence-electron chi connectivity index (χ0n) is 11.3. The van der Waals surface area contributed by atoms with Crippen molar-refractivity contribution in [2.75, 3.05) is 13.6 Å². The van der Waals surface area contributed by atoms with E-state index < -0.39 is 10.0 Å². The Balaban J connectivity index is 2.00. The van der Waals surface area contributed by atoms with Crippen molar-refractivity contribution in [3.8, 4) is 0 Å². The summed E-state index contributed by atoms with van der Waals surface area (Å²) in [5.41, 5.74) is 0.912. The minimum Gasteiger partial charge on any atom is -0.319 e. The van der Waals surface area contributed by atoms with Gasteiger partial charge in [0.05, 0.1) is 6.54 Å². The maximum Gasteiger partial charge on any atom is 0.250 e. The molecule has 0 atom stereocenters. The van der Waals surface area contributed by atoms with E-state index in [1.807, 2.05) is 25.4 Å². The van der Waals surface area contributed by atoms with Gasteiger partial charge in [-0.15, -0.1) is 22.7 Å². The molecular weight excluding hydrogens is 314 g/mol. The Morgan fingerprint density at radius 2 is 2.15 bits per heavy atom. The van der Waals surface area contributed by atoms with E-state index in [0.29, 0.717) is 4.21 Å². The molecule has 2 heterocycles. The third-order valence-corrected chi connectivity index (χ3v) is 6.61. The van der Waals surface area contributed by atoms with Crippen molar-refractivity contribution >= 4 is 32.7 Å². The number of hydrogen-bond acceptors (Lipinski definition) is 6. The van der Waals surface area contributed by atoms with Gasteiger partial charge in [0.1, 0.15) is 9.22 Å². The number of nitrogens with zero attached hydrogens (tertiary/aromatic N) is 1. The lowest BCUT2D eigenvalue weighted by atomic mass is 10.3. The van der Waals surface area contributed by atoms with E-state index in [1.54, 1.807) is 6.07 Å². The summed E-state index contributed by atoms with van der Waals surface area (Å²) in [6.45, 7) is 2.97. The first kappa shape index (κ1) is 15.6. The highest BCUT2D eigenvalue weighted by atomic mass is 32.2. The molecule has 0 aliphatic rings. The molecular formula is C12H17N3O2S3. The summed E-state index contributed by atoms with van der Waals surface area (Å²) < 4.78 is 27.3. The van der Waals surface area contributed by atoms with Crippen LogP contribution in [0.25, 0.3) is 0 Å². The van der Waals surface area contributed by atoms with E-state index in [-0.39, 0.29) is 6.54 Å². The molecule has 0 unspecified atom stereocenters. The maximum absolute atomic E-state index is 12.2. The Labute approximate surface area is 127 Å². The Morgan fingerprint density at radius 3 is 2.80 bits per heavy atom. The van der Waals surface area contributed by atoms with Crippen molar-refractivity contribution in [2.24, 2.45) is 0 Å². The van der Waals surface area contributed by atoms with Crippen molar-refractivity contribution in [3.05, 3.63) is 33.1 Å². The lowest BCUT2D eigenvalue weighted by molar-refractivity contribution is 0.583. The molecule has 0 aromatic carbocycles. The molecule has 20 heavy (non-hydrogen) atoms. The summed E-state index contributed by atoms with van der Waals surface area (Å²) in [5.74, 6) is 0. The van der Waals surface area contributed by atoms with Gasteiger partial charge in [-0.1, -0.05) is 0 Å². The molecule has 0 saturated carbocycles. The molecule has 0 aliphatic carbocycles. The fourth-order valence-electron chi connectivity index (χ4n) is 1.60. The second kappa shape index (κ2) is 6.77. The molecule has 0 saturated heterocycles. The minimum atomic E-state index is -3.44. The van der Waals surface area contributed by atoms with Crippen LogP contribution in [0.15, 0.2) is 21.7 Å². The van der Waals surface area contributed by atoms with Gasteiger partial charge in [0.25, 0.3) is 0 Å². The van der Waals surface area contributed by atoms with Crippen LogP contribution in [-0.4, -0.2) is 27.0 Å². The predicted octanol–water partition coefficient (Wildman–Crippen LogP) is 1.75. The van der Waals surface area contributed by atoms with Crippen LogP contribution < -0.4 is 10.0 Å². The van der Waals surface area contributed by atoms with Crippen LogP contribution in [0, 0.1) is 6.92 Å². The highest BCUT2D eigenvalue weighted by Crippen LogP contribution is 2.22. The summed E-state index contributed by atoms with van der Waals surface area (Å²) in [6, 6.07) is 3.52. The van der Waals surface area contributed by atoms with Crippen molar-refractivity contribution < 1.29 is 8.42 Å². The standard InChI is InChI=1S/C12H17N3O2S3/c1-9-8-18-11(15-9)7-14-20(16,17)12-4-3-10(19-12)5-6-13-2/h3-4,8,13-14H,5-7H2,1-2H3. The largest absolute Gasteiger partial charge is 0.319 e. The topological polar surface area (TPSA) is 71.1 Å². The van der Waals surface area contributed by atoms with Crippen molar-refractivity contribution in [2.45, 2.75) is 24.1 Å². The van der Waals surface area contributed by atoms with Gasteiger partial charge in [-0.3, -0.25) is 0 Å². The first-order chi connectivity index (χ1) is 9.51. The van der Waals surface area contributed by atoms with Crippen molar-refractivity contribution in [3.63, 3.8) is 0 Å². The normalized spacial score (nSPS) is 11.9. The first-order valence-electron chi connectivity index (χ1n) is 6.15. The van der Waals surface area contributed by atoms with Gasteiger partial charge in [0.2, 0.25) is 10.0 Å². The van der Waals surface area contributed by atoms with Crippen LogP contribution >= 0.6 is 22.7 Å². The van der Waals surface area contributed by atoms with Crippen molar-refractivity contribution in [1.29, 1.82) is 0 Å². The zero-order valence-corrected chi connectivity index (χ0v) is 13.8. The first-order valence-corrected chi connectivity index (χ1v) is 9.33. The van der Waals surface area contributed by atoms with Crippen molar-refractivity contribution in [1.82, 2.24) is 15.0 Å². The molecule has 5 nitrogen and oxygen atoms in total. The number of aryl methyl sites for hydroxylation is 1. The van der Waals surface area contributed by atoms with Gasteiger partial charge < -0.3 is 5.32 Å². The molecule has 0 aliphatic heterocycles. The second-order valence-corrected chi connectivity index (χ2v) is 8.39. The quantitative estimate of drug-likeness (QED) is 0.811. The number of thiophene rings is 1. The molecule has 2 rings (SSSR count). The molecule has 8 heteroatoms. The monoisotopic (exact) mass is 331 g/mol. The zero-order chi connectivity index (χ0) is 14.6. The Bertz CT molecular complexity index is 661. The second-order valence-electron chi connectivity index (χ2n) is 4.28. The molecule has 0 bridgehead atoms. The SMILES string of the molecule is CNCCc1ccc(S(=O)(=O)NCc2nc(C)cs2)s1. The molecule has 110 valence electrons. The van der Waals surface area contributed by atoms with Crippen LogP contribution in [0.3, 0.4) is 0 Å². The summed E-state index contributed by atoms with van der Waals surface area (Å²) >= 11 is 2.77. The third kappa shape index (κ3) is 4.10. The molecule has 0 spiro atoms. The summed E-state index contributed by atoms with van der Waals surface area (Å²) in [6.07, 6.45) is 0.836. The highest BCUT2D eigenvalue weighted by Gasteiger charge is 2.17. The molecule has 0 amide bonds. The number of rotatable bonds is 7. The van der Waals surface area contributed by atoms with Crippen LogP contribution in [0.4, 0.5) is 0 Å². The van der Waals surface area contributed by atoms with Gasteiger partial charge in [-0.2, -0.15) is 0 Å². The third-order valence-electron chi connectivity index (χ3n) is 2.60. The Kier molecular flexibility index (Phi) is 5.28. The lowest BCUT2D eigenvalue weighted by Gasteiger charge is -2.02. The molecule has 2 aromatic heterocycles. The van der Waals surface area contributed by atoms with Gasteiger partial charge in [0, 0.05) is 16.0 Å². The van der Waals surface area contributed by atoms with Crippen LogP contribution in [0.2, 0.25) is 0 Å². The van der Waals surface area contributed by atoms with Gasteiger partial charge in [-0.05, 0) is 39.1 Å². The van der Waals surface area contributed by atoms with E-state index in [9.17, 15) is 8.42 Å². The Morgan fingerprint density at radius 1 is 1.35 bits per heavy atom. The predicted molar refractivity (Wildman–Crippen MR) is 82.8 cm³/mol. The summed E-state index contributed by atoms with van der Waals surface area (Å²) in [4.78, 5) is 5.30. The number of hydrogen-bond donors (Lipinski definition) is 2. The van der Waals surface area contributed by atoms with Crippen LogP contribution in [0.1, 0.15) is 15.6 Å². The number of sulfonamides is 1. The van der Waals surface area contributed by atoms with E-state index in [0.717, 1.165) is 28.5 Å². The summed E-state index contributed by atoms with van der Waals surface area (Å²) in [5, 5.41) is 5.73. The van der Waals surface area contributed by atoms with E-state index >= 15 is 0 Å². The minimum absolute atomic E-state index is 0.241. The molecule has 2 aromatic rings. The highest BCUT2D eigenvalue weighted by molar-refractivity contribution is 7.91. The van der Waals surface area contributed by atoms with Gasteiger partial charge in [-0.25, -0.2) is 18.1 Å². The van der Waals surface area contributed by atoms with E-state index in [1.165, 1.54) is 22.7 Å². The number of thiazole rings is 1. The molecule has 0 fully saturated rings. The van der Waals surface area contributed by atoms with E-state index in [2.05, 4.69) is 15.0 Å². The van der Waals surface area contributed by atoms with Crippen LogP contribution in [-0.2, 0) is 23.0 Å². The number of aromatic nitrogens is 1. The van der Waals surface area contributed by atoms with Gasteiger partial charge >= 0.3 is 0 Å². The fourth-order valence-corrected chi connectivity index (χ4v) is 4.79. The average Bonchev–Trinajstić information content (AvgIpc) is 3.03. The number of likely N-dealkylation sites (N-methyl/N-ethyl adjacent to an activating group) is 1. The smallest absolute Gasteiger partial charge is 0.250 e. The molecule has 0 radical (unpaired) electrons. The summed E-state index contributed by atoms with van der Waals surface area (Å²) in [7, 11) is -1.56. The fraction of sp³-hybridized carbons (Fsp3) is 0.417. The lowest BCUT2D eigenvalue weighted by Crippen LogP contribution is -2.22. The van der Waals surface area contributed by atoms with Gasteiger partial charge in [0.15, 0.2) is 0 Å².